The van der Waals surface area contributed by atoms with Crippen LogP contribution in [0.1, 0.15) is 26.2 Å². The first-order valence-corrected chi connectivity index (χ1v) is 10.5. The molecule has 8 nitrogen and oxygen atoms in total. The quantitative estimate of drug-likeness (QED) is 0.583. The van der Waals surface area contributed by atoms with Crippen molar-refractivity contribution >= 4 is 0 Å². The zero-order valence-corrected chi connectivity index (χ0v) is 19.0. The fourth-order valence-corrected chi connectivity index (χ4v) is 4.19. The molecule has 1 aliphatic heterocycles. The SMILES string of the molecule is COc1ccc(-c2noc(CN(C)C[C@@H]3CCN(CC(C)C)C3)n2)c(OC)c1OC. The van der Waals surface area contributed by atoms with Crippen LogP contribution < -0.4 is 14.2 Å². The predicted molar refractivity (Wildman–Crippen MR) is 115 cm³/mol. The maximum atomic E-state index is 5.54. The van der Waals surface area contributed by atoms with E-state index in [0.717, 1.165) is 6.54 Å². The molecule has 1 aliphatic rings. The maximum Gasteiger partial charge on any atom is 0.241 e. The summed E-state index contributed by atoms with van der Waals surface area (Å²) in [4.78, 5) is 9.41. The van der Waals surface area contributed by atoms with Gasteiger partial charge in [-0.1, -0.05) is 19.0 Å². The minimum absolute atomic E-state index is 0.472. The van der Waals surface area contributed by atoms with Gasteiger partial charge in [-0.3, -0.25) is 4.90 Å². The number of nitrogens with zero attached hydrogens (tertiary/aromatic N) is 4. The number of benzene rings is 1. The molecule has 0 bridgehead atoms. The third kappa shape index (κ3) is 5.23. The molecule has 1 saturated heterocycles. The van der Waals surface area contributed by atoms with Crippen molar-refractivity contribution in [2.24, 2.45) is 11.8 Å². The third-order valence-corrected chi connectivity index (χ3v) is 5.38. The first kappa shape index (κ1) is 22.4. The first-order chi connectivity index (χ1) is 14.4. The van der Waals surface area contributed by atoms with Crippen molar-refractivity contribution in [2.75, 3.05) is 54.6 Å². The molecule has 0 amide bonds. The molecule has 8 heteroatoms. The van der Waals surface area contributed by atoms with E-state index in [1.54, 1.807) is 21.3 Å². The molecule has 2 heterocycles. The van der Waals surface area contributed by atoms with Crippen LogP contribution in [0.3, 0.4) is 0 Å². The fourth-order valence-electron chi connectivity index (χ4n) is 4.19. The summed E-state index contributed by atoms with van der Waals surface area (Å²) in [6, 6.07) is 3.65. The molecule has 2 aromatic rings. The number of likely N-dealkylation sites (tertiary alicyclic amines) is 1. The average Bonchev–Trinajstić information content (AvgIpc) is 3.35. The van der Waals surface area contributed by atoms with E-state index in [4.69, 9.17) is 18.7 Å². The van der Waals surface area contributed by atoms with Gasteiger partial charge in [0, 0.05) is 19.6 Å². The van der Waals surface area contributed by atoms with Gasteiger partial charge in [0.25, 0.3) is 0 Å². The van der Waals surface area contributed by atoms with E-state index in [1.165, 1.54) is 26.1 Å². The van der Waals surface area contributed by atoms with Gasteiger partial charge in [0.05, 0.1) is 33.4 Å². The summed E-state index contributed by atoms with van der Waals surface area (Å²) in [6.45, 7) is 9.73. The summed E-state index contributed by atoms with van der Waals surface area (Å²) < 4.78 is 21.8. The minimum Gasteiger partial charge on any atom is -0.493 e. The van der Waals surface area contributed by atoms with Crippen molar-refractivity contribution < 1.29 is 18.7 Å². The molecule has 166 valence electrons. The van der Waals surface area contributed by atoms with E-state index >= 15 is 0 Å². The number of methoxy groups -OCH3 is 3. The van der Waals surface area contributed by atoms with E-state index in [9.17, 15) is 0 Å². The Balaban J connectivity index is 1.64. The van der Waals surface area contributed by atoms with Crippen LogP contribution in [0.4, 0.5) is 0 Å². The highest BCUT2D eigenvalue weighted by Crippen LogP contribution is 2.43. The summed E-state index contributed by atoms with van der Waals surface area (Å²) in [5, 5.41) is 4.16. The fraction of sp³-hybridized carbons (Fsp3) is 0.636. The number of hydrogen-bond donors (Lipinski definition) is 0. The summed E-state index contributed by atoms with van der Waals surface area (Å²) in [7, 11) is 6.85. The normalized spacial score (nSPS) is 17.1. The van der Waals surface area contributed by atoms with Crippen LogP contribution in [0, 0.1) is 11.8 Å². The zero-order chi connectivity index (χ0) is 21.7. The molecule has 0 radical (unpaired) electrons. The van der Waals surface area contributed by atoms with E-state index < -0.39 is 0 Å². The van der Waals surface area contributed by atoms with Crippen molar-refractivity contribution in [3.05, 3.63) is 18.0 Å². The largest absolute Gasteiger partial charge is 0.493 e. The van der Waals surface area contributed by atoms with Crippen LogP contribution in [-0.4, -0.2) is 74.5 Å². The molecule has 1 atom stereocenters. The summed E-state index contributed by atoms with van der Waals surface area (Å²) in [5.74, 6) is 4.07. The van der Waals surface area contributed by atoms with Gasteiger partial charge >= 0.3 is 0 Å². The van der Waals surface area contributed by atoms with Crippen LogP contribution >= 0.6 is 0 Å². The monoisotopic (exact) mass is 418 g/mol. The smallest absolute Gasteiger partial charge is 0.241 e. The molecule has 0 aliphatic carbocycles. The Morgan fingerprint density at radius 3 is 2.60 bits per heavy atom. The van der Waals surface area contributed by atoms with E-state index in [2.05, 4.69) is 40.8 Å². The van der Waals surface area contributed by atoms with Crippen molar-refractivity contribution in [1.29, 1.82) is 0 Å². The summed E-state index contributed by atoms with van der Waals surface area (Å²) >= 11 is 0. The van der Waals surface area contributed by atoms with Crippen LogP contribution in [0.25, 0.3) is 11.4 Å². The van der Waals surface area contributed by atoms with Crippen LogP contribution in [0.15, 0.2) is 16.7 Å². The maximum absolute atomic E-state index is 5.54. The third-order valence-electron chi connectivity index (χ3n) is 5.38. The molecule has 0 unspecified atom stereocenters. The van der Waals surface area contributed by atoms with Crippen LogP contribution in [0.2, 0.25) is 0 Å². The molecule has 1 aromatic heterocycles. The Kier molecular flexibility index (Phi) is 7.55. The van der Waals surface area contributed by atoms with Gasteiger partial charge in [-0.25, -0.2) is 0 Å². The van der Waals surface area contributed by atoms with E-state index in [1.807, 2.05) is 12.1 Å². The zero-order valence-electron chi connectivity index (χ0n) is 19.0. The van der Waals surface area contributed by atoms with Gasteiger partial charge in [0.1, 0.15) is 0 Å². The van der Waals surface area contributed by atoms with Gasteiger partial charge in [0.2, 0.25) is 17.5 Å². The summed E-state index contributed by atoms with van der Waals surface area (Å²) in [5.41, 5.74) is 0.702. The van der Waals surface area contributed by atoms with Gasteiger partial charge in [-0.15, -0.1) is 0 Å². The van der Waals surface area contributed by atoms with Gasteiger partial charge < -0.3 is 23.6 Å². The van der Waals surface area contributed by atoms with Crippen molar-refractivity contribution in [3.63, 3.8) is 0 Å². The standard InChI is InChI=1S/C22H34N4O4/c1-15(2)11-26-10-9-16(13-26)12-25(3)14-19-23-22(24-30-19)17-7-8-18(27-4)21(29-6)20(17)28-5/h7-8,15-16H,9-14H2,1-6H3/t16-/m0/s1. The topological polar surface area (TPSA) is 73.1 Å². The van der Waals surface area contributed by atoms with Crippen molar-refractivity contribution in [1.82, 2.24) is 19.9 Å². The summed E-state index contributed by atoms with van der Waals surface area (Å²) in [6.07, 6.45) is 1.25. The highest BCUT2D eigenvalue weighted by atomic mass is 16.5. The number of aromatic nitrogens is 2. The highest BCUT2D eigenvalue weighted by Gasteiger charge is 2.25. The van der Waals surface area contributed by atoms with Crippen molar-refractivity contribution in [2.45, 2.75) is 26.8 Å². The number of ether oxygens (including phenoxy) is 3. The second-order valence-corrected chi connectivity index (χ2v) is 8.40. The second-order valence-electron chi connectivity index (χ2n) is 8.40. The Bertz CT molecular complexity index is 823. The van der Waals surface area contributed by atoms with Gasteiger partial charge in [-0.2, -0.15) is 4.98 Å². The molecule has 1 fully saturated rings. The second kappa shape index (κ2) is 10.1. The molecule has 0 N–H and O–H groups in total. The Labute approximate surface area is 179 Å². The lowest BCUT2D eigenvalue weighted by Gasteiger charge is -2.21. The van der Waals surface area contributed by atoms with Crippen LogP contribution in [0.5, 0.6) is 17.2 Å². The molecule has 1 aromatic carbocycles. The van der Waals surface area contributed by atoms with Crippen LogP contribution in [-0.2, 0) is 6.54 Å². The lowest BCUT2D eigenvalue weighted by atomic mass is 10.1. The molecule has 3 rings (SSSR count). The Morgan fingerprint density at radius 1 is 1.17 bits per heavy atom. The van der Waals surface area contributed by atoms with Gasteiger partial charge in [0.15, 0.2) is 11.5 Å². The molecular formula is C22H34N4O4. The minimum atomic E-state index is 0.472. The molecule has 30 heavy (non-hydrogen) atoms. The predicted octanol–water partition coefficient (Wildman–Crippen LogP) is 3.17. The highest BCUT2D eigenvalue weighted by molar-refractivity contribution is 5.71. The molecule has 0 spiro atoms. The average molecular weight is 419 g/mol. The van der Waals surface area contributed by atoms with E-state index in [0.29, 0.717) is 52.9 Å². The molecular weight excluding hydrogens is 384 g/mol. The lowest BCUT2D eigenvalue weighted by molar-refractivity contribution is 0.224. The number of rotatable bonds is 10. The van der Waals surface area contributed by atoms with Gasteiger partial charge in [-0.05, 0) is 44.0 Å². The first-order valence-electron chi connectivity index (χ1n) is 10.5. The lowest BCUT2D eigenvalue weighted by Crippen LogP contribution is -2.29. The number of hydrogen-bond acceptors (Lipinski definition) is 8. The van der Waals surface area contributed by atoms with E-state index in [-0.39, 0.29) is 0 Å². The molecule has 0 saturated carbocycles. The Hall–Kier alpha value is -2.32. The Morgan fingerprint density at radius 2 is 1.93 bits per heavy atom. The van der Waals surface area contributed by atoms with Crippen molar-refractivity contribution in [3.8, 4) is 28.6 Å².